The third-order valence-electron chi connectivity index (χ3n) is 2.29. The summed E-state index contributed by atoms with van der Waals surface area (Å²) in [5.74, 6) is 0.0202. The second kappa shape index (κ2) is 4.14. The van der Waals surface area contributed by atoms with Crippen molar-refractivity contribution >= 4 is 11.6 Å². The van der Waals surface area contributed by atoms with E-state index in [1.165, 1.54) is 12.1 Å². The van der Waals surface area contributed by atoms with Gasteiger partial charge < -0.3 is 0 Å². The molecule has 2 heterocycles. The number of hydrogen-bond donors (Lipinski definition) is 0. The summed E-state index contributed by atoms with van der Waals surface area (Å²) in [6, 6.07) is 2.84. The molecule has 0 unspecified atom stereocenters. The second-order valence-electron chi connectivity index (χ2n) is 3.41. The Morgan fingerprint density at radius 1 is 1.19 bits per heavy atom. The molecule has 2 rings (SSSR count). The first-order valence-corrected chi connectivity index (χ1v) is 5.08. The van der Waals surface area contributed by atoms with Crippen molar-refractivity contribution in [2.24, 2.45) is 0 Å². The number of hydrogen-bond acceptors (Lipinski definition) is 3. The van der Waals surface area contributed by atoms with Crippen molar-refractivity contribution in [3.8, 4) is 11.5 Å². The van der Waals surface area contributed by atoms with Gasteiger partial charge in [-0.3, -0.25) is 0 Å². The van der Waals surface area contributed by atoms with E-state index in [4.69, 9.17) is 11.6 Å². The van der Waals surface area contributed by atoms with Gasteiger partial charge in [-0.2, -0.15) is 0 Å². The van der Waals surface area contributed by atoms with Gasteiger partial charge in [-0.05, 0) is 26.0 Å². The average molecular weight is 238 g/mol. The zero-order valence-corrected chi connectivity index (χ0v) is 9.59. The monoisotopic (exact) mass is 237 g/mol. The van der Waals surface area contributed by atoms with Crippen LogP contribution in [0.5, 0.6) is 0 Å². The average Bonchev–Trinajstić information content (AvgIpc) is 2.26. The predicted octanol–water partition coefficient (Wildman–Crippen LogP) is 2.95. The minimum atomic E-state index is -0.390. The quantitative estimate of drug-likeness (QED) is 0.716. The van der Waals surface area contributed by atoms with E-state index in [1.807, 2.05) is 13.8 Å². The lowest BCUT2D eigenvalue weighted by Crippen LogP contribution is -1.98. The highest BCUT2D eigenvalue weighted by Gasteiger charge is 2.08. The molecule has 0 fully saturated rings. The summed E-state index contributed by atoms with van der Waals surface area (Å²) in [6.07, 6.45) is 1.13. The van der Waals surface area contributed by atoms with Gasteiger partial charge in [-0.1, -0.05) is 11.6 Å². The Morgan fingerprint density at radius 3 is 2.50 bits per heavy atom. The van der Waals surface area contributed by atoms with E-state index in [9.17, 15) is 4.39 Å². The van der Waals surface area contributed by atoms with Crippen LogP contribution >= 0.6 is 11.6 Å². The maximum Gasteiger partial charge on any atom is 0.179 e. The molecule has 0 spiro atoms. The molecule has 2 aromatic heterocycles. The predicted molar refractivity (Wildman–Crippen MR) is 59.7 cm³/mol. The fourth-order valence-corrected chi connectivity index (χ4v) is 1.43. The van der Waals surface area contributed by atoms with Gasteiger partial charge in [0.25, 0.3) is 0 Å². The molecule has 0 aliphatic heterocycles. The van der Waals surface area contributed by atoms with Crippen LogP contribution in [0.2, 0.25) is 5.15 Å². The smallest absolute Gasteiger partial charge is 0.179 e. The topological polar surface area (TPSA) is 38.7 Å². The van der Waals surface area contributed by atoms with Crippen molar-refractivity contribution in [2.75, 3.05) is 0 Å². The largest absolute Gasteiger partial charge is 0.250 e. The van der Waals surface area contributed by atoms with Gasteiger partial charge in [0, 0.05) is 11.3 Å². The van der Waals surface area contributed by atoms with Crippen molar-refractivity contribution in [3.63, 3.8) is 0 Å². The van der Waals surface area contributed by atoms with Crippen LogP contribution in [0.3, 0.4) is 0 Å². The van der Waals surface area contributed by atoms with Gasteiger partial charge >= 0.3 is 0 Å². The van der Waals surface area contributed by atoms with E-state index < -0.39 is 5.82 Å². The summed E-state index contributed by atoms with van der Waals surface area (Å²) in [5.41, 5.74) is 2.14. The Bertz CT molecular complexity index is 502. The summed E-state index contributed by atoms with van der Waals surface area (Å²) in [5, 5.41) is 0.397. The van der Waals surface area contributed by atoms with E-state index in [-0.39, 0.29) is 0 Å². The molecule has 2 aromatic rings. The molecular weight excluding hydrogens is 229 g/mol. The van der Waals surface area contributed by atoms with Crippen LogP contribution in [0.4, 0.5) is 4.39 Å². The van der Waals surface area contributed by atoms with Crippen molar-refractivity contribution in [3.05, 3.63) is 40.6 Å². The first-order valence-electron chi connectivity index (χ1n) is 4.70. The lowest BCUT2D eigenvalue weighted by atomic mass is 10.2. The van der Waals surface area contributed by atoms with Gasteiger partial charge in [0.05, 0.1) is 6.20 Å². The standard InChI is InChI=1S/C11H9ClFN3/c1-6-7(2)15-11(16-10(6)12)9-4-3-8(13)5-14-9/h3-5H,1-2H3. The SMILES string of the molecule is Cc1nc(-c2ccc(F)cn2)nc(Cl)c1C. The molecule has 3 nitrogen and oxygen atoms in total. The highest BCUT2D eigenvalue weighted by molar-refractivity contribution is 6.30. The first kappa shape index (κ1) is 11.0. The van der Waals surface area contributed by atoms with E-state index in [1.54, 1.807) is 0 Å². The molecule has 0 N–H and O–H groups in total. The molecule has 0 saturated carbocycles. The Kier molecular flexibility index (Phi) is 2.83. The zero-order valence-electron chi connectivity index (χ0n) is 8.83. The number of aryl methyl sites for hydroxylation is 1. The molecule has 0 saturated heterocycles. The van der Waals surface area contributed by atoms with Crippen molar-refractivity contribution in [1.82, 2.24) is 15.0 Å². The molecule has 0 aromatic carbocycles. The fraction of sp³-hybridized carbons (Fsp3) is 0.182. The van der Waals surface area contributed by atoms with Crippen LogP contribution in [-0.2, 0) is 0 Å². The summed E-state index contributed by atoms with van der Waals surface area (Å²) < 4.78 is 12.7. The molecule has 82 valence electrons. The molecule has 0 atom stereocenters. The minimum absolute atomic E-state index is 0.390. The Labute approximate surface area is 97.3 Å². The molecule has 0 amide bonds. The van der Waals surface area contributed by atoms with Crippen LogP contribution in [0, 0.1) is 19.7 Å². The van der Waals surface area contributed by atoms with Crippen LogP contribution in [0.1, 0.15) is 11.3 Å². The summed E-state index contributed by atoms with van der Waals surface area (Å²) >= 11 is 5.95. The van der Waals surface area contributed by atoms with Gasteiger partial charge in [-0.15, -0.1) is 0 Å². The summed E-state index contributed by atoms with van der Waals surface area (Å²) in [7, 11) is 0. The Hall–Kier alpha value is -1.55. The van der Waals surface area contributed by atoms with Crippen molar-refractivity contribution in [1.29, 1.82) is 0 Å². The normalized spacial score (nSPS) is 10.5. The number of pyridine rings is 1. The van der Waals surface area contributed by atoms with E-state index in [2.05, 4.69) is 15.0 Å². The van der Waals surface area contributed by atoms with E-state index >= 15 is 0 Å². The van der Waals surface area contributed by atoms with Crippen LogP contribution < -0.4 is 0 Å². The molecule has 0 aliphatic carbocycles. The third kappa shape index (κ3) is 2.02. The number of nitrogens with zero attached hydrogens (tertiary/aromatic N) is 3. The third-order valence-corrected chi connectivity index (χ3v) is 2.65. The van der Waals surface area contributed by atoms with Gasteiger partial charge in [-0.25, -0.2) is 19.3 Å². The maximum atomic E-state index is 12.7. The molecule has 0 bridgehead atoms. The molecule has 0 radical (unpaired) electrons. The van der Waals surface area contributed by atoms with Crippen LogP contribution in [-0.4, -0.2) is 15.0 Å². The lowest BCUT2D eigenvalue weighted by Gasteiger charge is -2.04. The lowest BCUT2D eigenvalue weighted by molar-refractivity contribution is 0.621. The summed E-state index contributed by atoms with van der Waals surface area (Å²) in [6.45, 7) is 3.69. The summed E-state index contributed by atoms with van der Waals surface area (Å²) in [4.78, 5) is 12.3. The van der Waals surface area contributed by atoms with Gasteiger partial charge in [0.1, 0.15) is 16.7 Å². The van der Waals surface area contributed by atoms with Gasteiger partial charge in [0.15, 0.2) is 5.82 Å². The van der Waals surface area contributed by atoms with E-state index in [0.29, 0.717) is 16.7 Å². The van der Waals surface area contributed by atoms with Crippen molar-refractivity contribution in [2.45, 2.75) is 13.8 Å². The molecule has 0 aliphatic rings. The first-order chi connectivity index (χ1) is 7.58. The van der Waals surface area contributed by atoms with Crippen LogP contribution in [0.15, 0.2) is 18.3 Å². The maximum absolute atomic E-state index is 12.7. The number of aromatic nitrogens is 3. The number of rotatable bonds is 1. The highest BCUT2D eigenvalue weighted by atomic mass is 35.5. The second-order valence-corrected chi connectivity index (χ2v) is 3.77. The minimum Gasteiger partial charge on any atom is -0.250 e. The van der Waals surface area contributed by atoms with E-state index in [0.717, 1.165) is 17.5 Å². The highest BCUT2D eigenvalue weighted by Crippen LogP contribution is 2.19. The zero-order chi connectivity index (χ0) is 11.7. The fourth-order valence-electron chi connectivity index (χ4n) is 1.22. The Balaban J connectivity index is 2.52. The van der Waals surface area contributed by atoms with Crippen LogP contribution in [0.25, 0.3) is 11.5 Å². The van der Waals surface area contributed by atoms with Gasteiger partial charge in [0.2, 0.25) is 0 Å². The molecule has 5 heteroatoms. The Morgan fingerprint density at radius 2 is 1.94 bits per heavy atom. The van der Waals surface area contributed by atoms with Crippen molar-refractivity contribution < 1.29 is 4.39 Å². The number of halogens is 2. The molecular formula is C11H9ClFN3. The molecule has 16 heavy (non-hydrogen) atoms.